The number of nitrogens with zero attached hydrogens (tertiary/aromatic N) is 4. The van der Waals surface area contributed by atoms with Crippen molar-refractivity contribution < 1.29 is 9.90 Å². The maximum absolute atomic E-state index is 11.9. The zero-order valence-corrected chi connectivity index (χ0v) is 22.6. The molecule has 0 fully saturated rings. The van der Waals surface area contributed by atoms with Crippen molar-refractivity contribution in [3.8, 4) is 0 Å². The summed E-state index contributed by atoms with van der Waals surface area (Å²) in [5.41, 5.74) is 6.85. The number of nitrogens with one attached hydrogen (secondary N) is 2. The third kappa shape index (κ3) is 6.72. The number of anilines is 2. The van der Waals surface area contributed by atoms with E-state index in [4.69, 9.17) is 5.11 Å². The van der Waals surface area contributed by atoms with Crippen molar-refractivity contribution in [2.24, 2.45) is 0 Å². The third-order valence-corrected chi connectivity index (χ3v) is 7.27. The molecule has 0 aliphatic carbocycles. The lowest BCUT2D eigenvalue weighted by Crippen LogP contribution is -2.34. The van der Waals surface area contributed by atoms with Crippen molar-refractivity contribution in [3.05, 3.63) is 47.9 Å². The predicted octanol–water partition coefficient (Wildman–Crippen LogP) is 6.28. The Balaban J connectivity index is 0.000000349. The molecule has 1 aromatic carbocycles. The fourth-order valence-corrected chi connectivity index (χ4v) is 5.17. The Morgan fingerprint density at radius 2 is 1.97 bits per heavy atom. The molecule has 3 aromatic heterocycles. The fourth-order valence-electron chi connectivity index (χ4n) is 4.46. The van der Waals surface area contributed by atoms with Gasteiger partial charge in [0.2, 0.25) is 5.91 Å². The van der Waals surface area contributed by atoms with Crippen LogP contribution in [-0.2, 0) is 4.79 Å². The van der Waals surface area contributed by atoms with Crippen molar-refractivity contribution in [3.63, 3.8) is 0 Å². The fraction of sp³-hybridized carbons (Fsp3) is 0.429. The molecular formula is C28H36N6O2S. The van der Waals surface area contributed by atoms with Gasteiger partial charge in [0.25, 0.3) is 0 Å². The quantitative estimate of drug-likeness (QED) is 0.252. The van der Waals surface area contributed by atoms with Gasteiger partial charge in [0.15, 0.2) is 0 Å². The van der Waals surface area contributed by atoms with E-state index >= 15 is 0 Å². The zero-order chi connectivity index (χ0) is 26.2. The number of carbonyl (C=O) groups is 1. The van der Waals surface area contributed by atoms with Crippen LogP contribution in [0.15, 0.2) is 42.2 Å². The molecular weight excluding hydrogens is 484 g/mol. The summed E-state index contributed by atoms with van der Waals surface area (Å²) < 4.78 is 1.13. The number of thiazole rings is 1. The molecule has 8 nitrogen and oxygen atoms in total. The molecule has 0 unspecified atom stereocenters. The second kappa shape index (κ2) is 12.8. The molecule has 3 N–H and O–H groups in total. The Bertz CT molecular complexity index is 1360. The van der Waals surface area contributed by atoms with Crippen molar-refractivity contribution in [1.82, 2.24) is 24.8 Å². The molecule has 0 radical (unpaired) electrons. The van der Waals surface area contributed by atoms with Gasteiger partial charge in [-0.15, -0.1) is 11.3 Å². The molecule has 4 heterocycles. The van der Waals surface area contributed by atoms with E-state index in [1.54, 1.807) is 17.7 Å². The van der Waals surface area contributed by atoms with Crippen LogP contribution in [0, 0.1) is 0 Å². The molecule has 0 saturated carbocycles. The average Bonchev–Trinajstić information content (AvgIpc) is 3.56. The molecule has 0 spiro atoms. The minimum Gasteiger partial charge on any atom is -0.393 e. The van der Waals surface area contributed by atoms with Gasteiger partial charge in [0.1, 0.15) is 17.8 Å². The first-order valence-electron chi connectivity index (χ1n) is 13.1. The number of aliphatic hydroxyl groups is 1. The van der Waals surface area contributed by atoms with Crippen LogP contribution in [0.3, 0.4) is 0 Å². The normalized spacial score (nSPS) is 13.5. The van der Waals surface area contributed by atoms with Crippen LogP contribution in [0.25, 0.3) is 26.8 Å². The van der Waals surface area contributed by atoms with E-state index in [1.165, 1.54) is 5.57 Å². The van der Waals surface area contributed by atoms with Crippen LogP contribution in [0.2, 0.25) is 0 Å². The van der Waals surface area contributed by atoms with Gasteiger partial charge in [-0.2, -0.15) is 0 Å². The molecule has 0 bridgehead atoms. The summed E-state index contributed by atoms with van der Waals surface area (Å²) >= 11 is 1.62. The molecule has 9 heteroatoms. The van der Waals surface area contributed by atoms with Gasteiger partial charge in [-0.3, -0.25) is 4.79 Å². The van der Waals surface area contributed by atoms with E-state index in [2.05, 4.69) is 57.3 Å². The monoisotopic (exact) mass is 520 g/mol. The van der Waals surface area contributed by atoms with E-state index in [-0.39, 0.29) is 12.0 Å². The summed E-state index contributed by atoms with van der Waals surface area (Å²) in [5, 5.41) is 13.4. The van der Waals surface area contributed by atoms with Crippen LogP contribution < -0.4 is 5.32 Å². The molecule has 37 heavy (non-hydrogen) atoms. The van der Waals surface area contributed by atoms with E-state index < -0.39 is 0 Å². The minimum absolute atomic E-state index is 0.0370. The molecule has 5 rings (SSSR count). The minimum atomic E-state index is -0.0370. The number of carbonyl (C=O) groups excluding carboxylic acids is 1. The lowest BCUT2D eigenvalue weighted by molar-refractivity contribution is -0.130. The summed E-state index contributed by atoms with van der Waals surface area (Å²) in [6.45, 7) is 7.50. The van der Waals surface area contributed by atoms with Gasteiger partial charge >= 0.3 is 0 Å². The highest BCUT2D eigenvalue weighted by Crippen LogP contribution is 2.30. The van der Waals surface area contributed by atoms with Crippen molar-refractivity contribution >= 4 is 55.6 Å². The van der Waals surface area contributed by atoms with Gasteiger partial charge in [-0.25, -0.2) is 15.0 Å². The Morgan fingerprint density at radius 3 is 2.68 bits per heavy atom. The van der Waals surface area contributed by atoms with Crippen molar-refractivity contribution in [2.45, 2.75) is 65.4 Å². The summed E-state index contributed by atoms with van der Waals surface area (Å²) in [5.74, 6) is 0.966. The summed E-state index contributed by atoms with van der Waals surface area (Å²) in [7, 11) is 0. The number of aliphatic hydroxyl groups excluding tert-OH is 1. The number of hydrogen-bond acceptors (Lipinski definition) is 7. The van der Waals surface area contributed by atoms with Crippen LogP contribution >= 0.6 is 11.3 Å². The lowest BCUT2D eigenvalue weighted by atomic mass is 10.0. The van der Waals surface area contributed by atoms with Gasteiger partial charge in [0.05, 0.1) is 27.2 Å². The molecule has 4 aromatic rings. The van der Waals surface area contributed by atoms with Crippen molar-refractivity contribution in [1.29, 1.82) is 0 Å². The molecule has 0 atom stereocenters. The summed E-state index contributed by atoms with van der Waals surface area (Å²) in [6, 6.07) is 8.18. The first-order valence-corrected chi connectivity index (χ1v) is 14.0. The molecule has 1 amide bonds. The van der Waals surface area contributed by atoms with E-state index in [9.17, 15) is 4.79 Å². The van der Waals surface area contributed by atoms with Gasteiger partial charge in [0, 0.05) is 30.9 Å². The van der Waals surface area contributed by atoms with Gasteiger partial charge < -0.3 is 20.3 Å². The summed E-state index contributed by atoms with van der Waals surface area (Å²) in [6.07, 6.45) is 9.16. The third-order valence-electron chi connectivity index (χ3n) is 6.47. The highest BCUT2D eigenvalue weighted by atomic mass is 32.1. The number of fused-ring (bicyclic) bond motifs is 2. The number of amides is 1. The first kappa shape index (κ1) is 26.8. The number of aromatic nitrogens is 4. The number of benzene rings is 1. The molecule has 1 aliphatic rings. The first-order chi connectivity index (χ1) is 18.0. The van der Waals surface area contributed by atoms with E-state index in [1.807, 2.05) is 29.5 Å². The molecule has 0 saturated heterocycles. The van der Waals surface area contributed by atoms with Gasteiger partial charge in [-0.05, 0) is 49.1 Å². The SMILES string of the molecule is CCC(=O)N1CC=C(c2cc3c(Nc4ccc5ncsc5c4)ncnc3[nH]2)CC1.CCCC(O)CCC. The molecule has 196 valence electrons. The Kier molecular flexibility index (Phi) is 9.24. The maximum atomic E-state index is 11.9. The Hall–Kier alpha value is -3.30. The maximum Gasteiger partial charge on any atom is 0.222 e. The largest absolute Gasteiger partial charge is 0.393 e. The standard InChI is InChI=1S/C21H20N6OS.C7H16O/c1-2-19(28)27-7-5-13(6-8-27)17-10-15-20(22-11-23-21(15)26-17)25-14-3-4-16-18(9-14)29-12-24-16;1-3-5-7(8)6-4-2/h3-5,9-12H,2,6-8H2,1H3,(H2,22,23,25,26);7-8H,3-6H2,1-2H3. The lowest BCUT2D eigenvalue weighted by Gasteiger charge is -2.25. The zero-order valence-electron chi connectivity index (χ0n) is 21.8. The van der Waals surface area contributed by atoms with Gasteiger partial charge in [-0.1, -0.05) is 39.7 Å². The van der Waals surface area contributed by atoms with Crippen LogP contribution in [0.4, 0.5) is 11.5 Å². The number of rotatable bonds is 8. The van der Waals surface area contributed by atoms with Crippen LogP contribution in [-0.4, -0.2) is 55.0 Å². The smallest absolute Gasteiger partial charge is 0.222 e. The number of aromatic amines is 1. The Morgan fingerprint density at radius 1 is 1.16 bits per heavy atom. The highest BCUT2D eigenvalue weighted by Gasteiger charge is 2.18. The van der Waals surface area contributed by atoms with E-state index in [0.29, 0.717) is 13.0 Å². The number of H-pyrrole nitrogens is 1. The second-order valence-electron chi connectivity index (χ2n) is 9.23. The second-order valence-corrected chi connectivity index (χ2v) is 10.1. The Labute approximate surface area is 221 Å². The van der Waals surface area contributed by atoms with Crippen molar-refractivity contribution in [2.75, 3.05) is 18.4 Å². The average molecular weight is 521 g/mol. The number of hydrogen-bond donors (Lipinski definition) is 3. The van der Waals surface area contributed by atoms with Crippen LogP contribution in [0.5, 0.6) is 0 Å². The topological polar surface area (TPSA) is 107 Å². The highest BCUT2D eigenvalue weighted by molar-refractivity contribution is 7.16. The molecule has 1 aliphatic heterocycles. The van der Waals surface area contributed by atoms with Crippen LogP contribution in [0.1, 0.15) is 65.0 Å². The summed E-state index contributed by atoms with van der Waals surface area (Å²) in [4.78, 5) is 30.4. The predicted molar refractivity (Wildman–Crippen MR) is 152 cm³/mol. The van der Waals surface area contributed by atoms with E-state index in [0.717, 1.165) is 77.1 Å².